The summed E-state index contributed by atoms with van der Waals surface area (Å²) in [5.74, 6) is 0.873. The standard InChI is InChI=1S/C18H18N2O4/c1-22-16-4-3-13(10-17(16)23-2)5-7-20-18(21)15(11-19)9-14-6-8-24-12-14/h3-4,6,8-10,12H,5,7H2,1-2H3,(H,20,21)/b15-9-. The molecule has 6 heteroatoms. The van der Waals surface area contributed by atoms with Crippen molar-refractivity contribution in [3.8, 4) is 17.6 Å². The first-order valence-electron chi connectivity index (χ1n) is 7.31. The zero-order valence-electron chi connectivity index (χ0n) is 13.5. The van der Waals surface area contributed by atoms with Gasteiger partial charge in [-0.25, -0.2) is 0 Å². The van der Waals surface area contributed by atoms with Crippen molar-refractivity contribution in [2.24, 2.45) is 0 Å². The van der Waals surface area contributed by atoms with Crippen molar-refractivity contribution in [3.63, 3.8) is 0 Å². The van der Waals surface area contributed by atoms with Crippen LogP contribution in [0.3, 0.4) is 0 Å². The zero-order valence-corrected chi connectivity index (χ0v) is 13.5. The fraction of sp³-hybridized carbons (Fsp3) is 0.222. The quantitative estimate of drug-likeness (QED) is 0.624. The number of ether oxygens (including phenoxy) is 2. The van der Waals surface area contributed by atoms with Crippen LogP contribution in [0.4, 0.5) is 0 Å². The molecule has 0 aliphatic heterocycles. The minimum Gasteiger partial charge on any atom is -0.493 e. The Morgan fingerprint density at radius 3 is 2.71 bits per heavy atom. The molecule has 0 bridgehead atoms. The second-order valence-corrected chi connectivity index (χ2v) is 4.92. The maximum atomic E-state index is 12.0. The van der Waals surface area contributed by atoms with Gasteiger partial charge >= 0.3 is 0 Å². The average molecular weight is 326 g/mol. The summed E-state index contributed by atoms with van der Waals surface area (Å²) in [6.45, 7) is 0.402. The monoisotopic (exact) mass is 326 g/mol. The van der Waals surface area contributed by atoms with Gasteiger partial charge in [0.05, 0.1) is 26.7 Å². The molecule has 2 aromatic rings. The third kappa shape index (κ3) is 4.40. The normalized spacial score (nSPS) is 10.8. The summed E-state index contributed by atoms with van der Waals surface area (Å²) < 4.78 is 15.3. The largest absolute Gasteiger partial charge is 0.493 e. The lowest BCUT2D eigenvalue weighted by Crippen LogP contribution is -2.26. The van der Waals surface area contributed by atoms with Gasteiger partial charge in [0, 0.05) is 12.1 Å². The maximum Gasteiger partial charge on any atom is 0.261 e. The van der Waals surface area contributed by atoms with Gasteiger partial charge < -0.3 is 19.2 Å². The van der Waals surface area contributed by atoms with Gasteiger partial charge in [-0.3, -0.25) is 4.79 Å². The van der Waals surface area contributed by atoms with E-state index in [9.17, 15) is 4.79 Å². The first-order chi connectivity index (χ1) is 11.7. The summed E-state index contributed by atoms with van der Waals surface area (Å²) >= 11 is 0. The van der Waals surface area contributed by atoms with E-state index in [1.54, 1.807) is 20.3 Å². The van der Waals surface area contributed by atoms with Crippen molar-refractivity contribution in [3.05, 3.63) is 53.5 Å². The first kappa shape index (κ1) is 17.2. The molecule has 0 atom stereocenters. The van der Waals surface area contributed by atoms with Gasteiger partial charge in [-0.2, -0.15) is 5.26 Å². The minimum absolute atomic E-state index is 0.0312. The third-order valence-corrected chi connectivity index (χ3v) is 3.37. The number of hydrogen-bond acceptors (Lipinski definition) is 5. The van der Waals surface area contributed by atoms with E-state index in [4.69, 9.17) is 19.2 Å². The predicted octanol–water partition coefficient (Wildman–Crippen LogP) is 2.56. The molecule has 1 heterocycles. The first-order valence-corrected chi connectivity index (χ1v) is 7.31. The van der Waals surface area contributed by atoms with Gasteiger partial charge in [0.1, 0.15) is 11.6 Å². The van der Waals surface area contributed by atoms with E-state index in [-0.39, 0.29) is 5.57 Å². The smallest absolute Gasteiger partial charge is 0.261 e. The highest BCUT2D eigenvalue weighted by atomic mass is 16.5. The summed E-state index contributed by atoms with van der Waals surface area (Å²) in [5, 5.41) is 11.8. The van der Waals surface area contributed by atoms with E-state index in [0.717, 1.165) is 5.56 Å². The van der Waals surface area contributed by atoms with Gasteiger partial charge in [0.15, 0.2) is 11.5 Å². The number of nitriles is 1. The van der Waals surface area contributed by atoms with Crippen molar-refractivity contribution in [2.45, 2.75) is 6.42 Å². The number of carbonyl (C=O) groups excluding carboxylic acids is 1. The Hall–Kier alpha value is -3.20. The minimum atomic E-state index is -0.417. The number of benzene rings is 1. The second-order valence-electron chi connectivity index (χ2n) is 4.92. The van der Waals surface area contributed by atoms with Crippen LogP contribution in [0.25, 0.3) is 6.08 Å². The van der Waals surface area contributed by atoms with E-state index in [0.29, 0.717) is 30.0 Å². The van der Waals surface area contributed by atoms with E-state index in [1.165, 1.54) is 18.6 Å². The molecule has 24 heavy (non-hydrogen) atoms. The van der Waals surface area contributed by atoms with E-state index < -0.39 is 5.91 Å². The fourth-order valence-electron chi connectivity index (χ4n) is 2.12. The molecule has 1 aromatic carbocycles. The van der Waals surface area contributed by atoms with Crippen LogP contribution in [0.1, 0.15) is 11.1 Å². The Morgan fingerprint density at radius 2 is 2.08 bits per heavy atom. The molecule has 0 aliphatic rings. The summed E-state index contributed by atoms with van der Waals surface area (Å²) in [7, 11) is 3.15. The zero-order chi connectivity index (χ0) is 17.4. The predicted molar refractivity (Wildman–Crippen MR) is 88.6 cm³/mol. The van der Waals surface area contributed by atoms with Crippen LogP contribution in [0.15, 0.2) is 46.8 Å². The molecule has 1 N–H and O–H groups in total. The van der Waals surface area contributed by atoms with Crippen LogP contribution in [0.5, 0.6) is 11.5 Å². The van der Waals surface area contributed by atoms with Crippen LogP contribution in [-0.2, 0) is 11.2 Å². The topological polar surface area (TPSA) is 84.5 Å². The lowest BCUT2D eigenvalue weighted by atomic mass is 10.1. The molecule has 0 aliphatic carbocycles. The third-order valence-electron chi connectivity index (χ3n) is 3.37. The van der Waals surface area contributed by atoms with E-state index in [1.807, 2.05) is 24.3 Å². The van der Waals surface area contributed by atoms with Crippen molar-refractivity contribution in [1.29, 1.82) is 5.26 Å². The Bertz CT molecular complexity index is 758. The molecule has 6 nitrogen and oxygen atoms in total. The molecular formula is C18H18N2O4. The number of nitrogens with zero attached hydrogens (tertiary/aromatic N) is 1. The van der Waals surface area contributed by atoms with Gasteiger partial charge in [0.2, 0.25) is 0 Å². The average Bonchev–Trinajstić information content (AvgIpc) is 3.12. The molecule has 0 fully saturated rings. The number of furan rings is 1. The van der Waals surface area contributed by atoms with E-state index >= 15 is 0 Å². The van der Waals surface area contributed by atoms with Crippen LogP contribution < -0.4 is 14.8 Å². The molecule has 0 spiro atoms. The van der Waals surface area contributed by atoms with Crippen LogP contribution in [0.2, 0.25) is 0 Å². The summed E-state index contributed by atoms with van der Waals surface area (Å²) in [6, 6.07) is 9.14. The number of hydrogen-bond donors (Lipinski definition) is 1. The number of nitrogens with one attached hydrogen (secondary N) is 1. The fourth-order valence-corrected chi connectivity index (χ4v) is 2.12. The number of rotatable bonds is 7. The Balaban J connectivity index is 1.94. The molecule has 1 aromatic heterocycles. The molecule has 1 amide bonds. The summed E-state index contributed by atoms with van der Waals surface area (Å²) in [6.07, 6.45) is 5.04. The highest BCUT2D eigenvalue weighted by Crippen LogP contribution is 2.27. The lowest BCUT2D eigenvalue weighted by Gasteiger charge is -2.10. The van der Waals surface area contributed by atoms with Crippen molar-refractivity contribution < 1.29 is 18.7 Å². The number of amides is 1. The van der Waals surface area contributed by atoms with Gasteiger partial charge in [-0.15, -0.1) is 0 Å². The molecule has 2 rings (SSSR count). The molecular weight excluding hydrogens is 308 g/mol. The van der Waals surface area contributed by atoms with Gasteiger partial charge in [0.25, 0.3) is 5.91 Å². The number of carbonyl (C=O) groups is 1. The van der Waals surface area contributed by atoms with Crippen LogP contribution >= 0.6 is 0 Å². The lowest BCUT2D eigenvalue weighted by molar-refractivity contribution is -0.117. The highest BCUT2D eigenvalue weighted by Gasteiger charge is 2.09. The molecule has 124 valence electrons. The highest BCUT2D eigenvalue weighted by molar-refractivity contribution is 6.01. The van der Waals surface area contributed by atoms with Gasteiger partial charge in [-0.1, -0.05) is 6.07 Å². The van der Waals surface area contributed by atoms with Crippen LogP contribution in [-0.4, -0.2) is 26.7 Å². The Kier molecular flexibility index (Phi) is 6.03. The van der Waals surface area contributed by atoms with E-state index in [2.05, 4.69) is 5.32 Å². The number of methoxy groups -OCH3 is 2. The SMILES string of the molecule is COc1ccc(CCNC(=O)/C(C#N)=C\c2ccoc2)cc1OC. The van der Waals surface area contributed by atoms with Crippen molar-refractivity contribution in [1.82, 2.24) is 5.32 Å². The summed E-state index contributed by atoms with van der Waals surface area (Å²) in [4.78, 5) is 12.0. The Labute approximate surface area is 140 Å². The summed E-state index contributed by atoms with van der Waals surface area (Å²) in [5.41, 5.74) is 1.69. The maximum absolute atomic E-state index is 12.0. The van der Waals surface area contributed by atoms with Crippen molar-refractivity contribution in [2.75, 3.05) is 20.8 Å². The second kappa shape index (κ2) is 8.44. The van der Waals surface area contributed by atoms with Crippen LogP contribution in [0, 0.1) is 11.3 Å². The molecule has 0 radical (unpaired) electrons. The molecule has 0 saturated carbocycles. The Morgan fingerprint density at radius 1 is 1.29 bits per heavy atom. The van der Waals surface area contributed by atoms with Gasteiger partial charge in [-0.05, 0) is 36.3 Å². The molecule has 0 saturated heterocycles. The van der Waals surface area contributed by atoms with Crippen molar-refractivity contribution >= 4 is 12.0 Å². The molecule has 0 unspecified atom stereocenters.